The van der Waals surface area contributed by atoms with Crippen LogP contribution in [0, 0.1) is 6.92 Å². The molecule has 0 spiro atoms. The van der Waals surface area contributed by atoms with Crippen LogP contribution in [-0.2, 0) is 14.3 Å². The van der Waals surface area contributed by atoms with Gasteiger partial charge in [-0.3, -0.25) is 0 Å². The molecule has 2 aromatic rings. The quantitative estimate of drug-likeness (QED) is 0.343. The van der Waals surface area contributed by atoms with Crippen LogP contribution < -0.4 is 4.74 Å². The molecular weight excluding hydrogens is 326 g/mol. The fourth-order valence-electron chi connectivity index (χ4n) is 2.00. The summed E-state index contributed by atoms with van der Waals surface area (Å²) in [5.74, 6) is -0.0900. The van der Waals surface area contributed by atoms with Crippen molar-refractivity contribution in [3.05, 3.63) is 54.0 Å². The fraction of sp³-hybridized carbons (Fsp3) is 0.222. The van der Waals surface area contributed by atoms with Crippen molar-refractivity contribution in [2.75, 3.05) is 20.5 Å². The Kier molecular flexibility index (Phi) is 6.26. The van der Waals surface area contributed by atoms with Gasteiger partial charge in [0.25, 0.3) is 0 Å². The van der Waals surface area contributed by atoms with E-state index in [0.717, 1.165) is 21.8 Å². The molecule has 0 amide bonds. The van der Waals surface area contributed by atoms with Gasteiger partial charge in [-0.05, 0) is 36.9 Å². The lowest BCUT2D eigenvalue weighted by atomic mass is 10.1. The van der Waals surface area contributed by atoms with Gasteiger partial charge in [-0.2, -0.15) is 0 Å². The molecule has 0 aliphatic rings. The molecule has 0 bridgehead atoms. The van der Waals surface area contributed by atoms with E-state index in [1.165, 1.54) is 20.5 Å². The summed E-state index contributed by atoms with van der Waals surface area (Å²) in [6.07, 6.45) is 3.19. The van der Waals surface area contributed by atoms with E-state index in [1.54, 1.807) is 11.8 Å². The van der Waals surface area contributed by atoms with Crippen molar-refractivity contribution in [3.8, 4) is 17.0 Å². The molecule has 0 saturated heterocycles. The van der Waals surface area contributed by atoms with Crippen LogP contribution in [0.2, 0.25) is 0 Å². The minimum atomic E-state index is -0.607. The van der Waals surface area contributed by atoms with Gasteiger partial charge in [-0.1, -0.05) is 18.2 Å². The Bertz CT molecular complexity index is 758. The van der Waals surface area contributed by atoms with Crippen LogP contribution in [0.25, 0.3) is 11.3 Å². The van der Waals surface area contributed by atoms with Crippen molar-refractivity contribution in [1.29, 1.82) is 0 Å². The molecule has 0 saturated carbocycles. The average molecular weight is 345 g/mol. The van der Waals surface area contributed by atoms with Crippen LogP contribution in [0.5, 0.6) is 5.75 Å². The van der Waals surface area contributed by atoms with Crippen LogP contribution in [0.1, 0.15) is 5.56 Å². The second kappa shape index (κ2) is 8.40. The highest BCUT2D eigenvalue weighted by atomic mass is 32.2. The molecule has 0 aliphatic carbocycles. The van der Waals surface area contributed by atoms with E-state index >= 15 is 0 Å². The molecule has 0 radical (unpaired) electrons. The molecule has 6 heteroatoms. The Morgan fingerprint density at radius 2 is 2.00 bits per heavy atom. The normalized spacial score (nSPS) is 11.1. The number of hydrogen-bond donors (Lipinski definition) is 0. The van der Waals surface area contributed by atoms with Crippen LogP contribution in [0.15, 0.2) is 53.4 Å². The molecule has 0 unspecified atom stereocenters. The first-order valence-corrected chi connectivity index (χ1v) is 8.42. The second-order valence-corrected chi connectivity index (χ2v) is 5.68. The third-order valence-corrected chi connectivity index (χ3v) is 3.89. The summed E-state index contributed by atoms with van der Waals surface area (Å²) in [5, 5.41) is 0.935. The highest BCUT2D eigenvalue weighted by Gasteiger charge is 2.15. The number of thioether (sulfide) groups is 1. The number of aryl methyl sites for hydroxylation is 1. The maximum Gasteiger partial charge on any atom is 0.377 e. The van der Waals surface area contributed by atoms with E-state index in [0.29, 0.717) is 5.75 Å². The topological polar surface area (TPSA) is 57.7 Å². The number of methoxy groups -OCH3 is 2. The van der Waals surface area contributed by atoms with Crippen molar-refractivity contribution in [3.63, 3.8) is 0 Å². The van der Waals surface area contributed by atoms with Gasteiger partial charge in [0.15, 0.2) is 0 Å². The van der Waals surface area contributed by atoms with E-state index in [9.17, 15) is 4.79 Å². The molecule has 0 N–H and O–H groups in total. The lowest BCUT2D eigenvalue weighted by Gasteiger charge is -2.12. The number of carbonyl (C=O) groups excluding carboxylic acids is 1. The maximum atomic E-state index is 11.7. The van der Waals surface area contributed by atoms with Crippen molar-refractivity contribution < 1.29 is 19.0 Å². The Morgan fingerprint density at radius 3 is 2.67 bits per heavy atom. The van der Waals surface area contributed by atoms with Crippen molar-refractivity contribution in [1.82, 2.24) is 4.98 Å². The van der Waals surface area contributed by atoms with Crippen molar-refractivity contribution in [2.45, 2.75) is 11.9 Å². The highest BCUT2D eigenvalue weighted by molar-refractivity contribution is 7.98. The van der Waals surface area contributed by atoms with E-state index in [2.05, 4.69) is 4.98 Å². The number of benzene rings is 1. The second-order valence-electron chi connectivity index (χ2n) is 4.86. The minimum absolute atomic E-state index is 0.0222. The lowest BCUT2D eigenvalue weighted by molar-refractivity contribution is -0.138. The summed E-state index contributed by atoms with van der Waals surface area (Å²) in [5.41, 5.74) is 2.61. The van der Waals surface area contributed by atoms with Gasteiger partial charge in [0.2, 0.25) is 5.76 Å². The first-order chi connectivity index (χ1) is 11.6. The fourth-order valence-corrected chi connectivity index (χ4v) is 2.40. The summed E-state index contributed by atoms with van der Waals surface area (Å²) in [4.78, 5) is 16.3. The minimum Gasteiger partial charge on any atom is -0.500 e. The maximum absolute atomic E-state index is 11.7. The Morgan fingerprint density at radius 1 is 1.21 bits per heavy atom. The van der Waals surface area contributed by atoms with Crippen LogP contribution >= 0.6 is 11.8 Å². The van der Waals surface area contributed by atoms with Crippen LogP contribution in [0.3, 0.4) is 0 Å². The summed E-state index contributed by atoms with van der Waals surface area (Å²) in [6, 6.07) is 11.6. The van der Waals surface area contributed by atoms with Gasteiger partial charge in [-0.25, -0.2) is 9.78 Å². The van der Waals surface area contributed by atoms with Gasteiger partial charge < -0.3 is 14.2 Å². The Hall–Kier alpha value is -2.47. The first-order valence-electron chi connectivity index (χ1n) is 7.20. The number of aromatic nitrogens is 1. The molecule has 2 rings (SSSR count). The zero-order valence-electron chi connectivity index (χ0n) is 14.0. The third kappa shape index (κ3) is 4.29. The van der Waals surface area contributed by atoms with Gasteiger partial charge in [0.05, 0.1) is 24.9 Å². The number of pyridine rings is 1. The molecule has 0 aliphatic heterocycles. The number of esters is 1. The molecule has 1 aromatic carbocycles. The summed E-state index contributed by atoms with van der Waals surface area (Å²) < 4.78 is 15.3. The zero-order valence-corrected chi connectivity index (χ0v) is 14.8. The zero-order chi connectivity index (χ0) is 17.5. The molecule has 126 valence electrons. The van der Waals surface area contributed by atoms with E-state index in [4.69, 9.17) is 14.2 Å². The monoisotopic (exact) mass is 345 g/mol. The third-order valence-electron chi connectivity index (χ3n) is 3.25. The van der Waals surface area contributed by atoms with Crippen LogP contribution in [-0.4, -0.2) is 31.4 Å². The van der Waals surface area contributed by atoms with Crippen LogP contribution in [0.4, 0.5) is 0 Å². The van der Waals surface area contributed by atoms with Gasteiger partial charge in [-0.15, -0.1) is 11.8 Å². The number of hydrogen-bond acceptors (Lipinski definition) is 6. The smallest absolute Gasteiger partial charge is 0.377 e. The molecular formula is C18H19NO4S. The van der Waals surface area contributed by atoms with Gasteiger partial charge >= 0.3 is 5.97 Å². The lowest BCUT2D eigenvalue weighted by Crippen LogP contribution is -2.11. The van der Waals surface area contributed by atoms with E-state index in [1.807, 2.05) is 49.6 Å². The molecule has 1 heterocycles. The number of nitrogens with zero attached hydrogens (tertiary/aromatic N) is 1. The number of ether oxygens (including phenoxy) is 3. The summed E-state index contributed by atoms with van der Waals surface area (Å²) in [7, 11) is 2.73. The highest BCUT2D eigenvalue weighted by Crippen LogP contribution is 2.28. The Labute approximate surface area is 145 Å². The molecule has 1 aromatic heterocycles. The molecule has 0 fully saturated rings. The predicted octanol–water partition coefficient (Wildman–Crippen LogP) is 3.82. The van der Waals surface area contributed by atoms with E-state index in [-0.39, 0.29) is 5.76 Å². The molecule has 5 nitrogen and oxygen atoms in total. The molecule has 0 atom stereocenters. The number of carbonyl (C=O) groups is 1. The standard InChI is InChI=1S/C18H19NO4S/c1-12-8-9-13(14-6-5-7-17(19-14)24-4)10-15(12)23-16(11-21-2)18(20)22-3/h5-11H,1-4H3. The largest absolute Gasteiger partial charge is 0.500 e. The number of rotatable bonds is 6. The van der Waals surface area contributed by atoms with Gasteiger partial charge in [0, 0.05) is 5.56 Å². The SMILES string of the molecule is COC=C(Oc1cc(-c2cccc(SC)n2)ccc1C)C(=O)OC. The van der Waals surface area contributed by atoms with Crippen molar-refractivity contribution >= 4 is 17.7 Å². The average Bonchev–Trinajstić information content (AvgIpc) is 2.62. The van der Waals surface area contributed by atoms with Gasteiger partial charge in [0.1, 0.15) is 12.0 Å². The summed E-state index contributed by atoms with van der Waals surface area (Å²) in [6.45, 7) is 1.90. The first kappa shape index (κ1) is 17.9. The van der Waals surface area contributed by atoms with Crippen molar-refractivity contribution in [2.24, 2.45) is 0 Å². The summed E-state index contributed by atoms with van der Waals surface area (Å²) >= 11 is 1.58. The predicted molar refractivity (Wildman–Crippen MR) is 93.9 cm³/mol. The van der Waals surface area contributed by atoms with E-state index < -0.39 is 5.97 Å². The molecule has 24 heavy (non-hydrogen) atoms. The Balaban J connectivity index is 2.37.